The van der Waals surface area contributed by atoms with Crippen LogP contribution in [0.2, 0.25) is 0 Å². The third-order valence-corrected chi connectivity index (χ3v) is 5.62. The molecule has 0 radical (unpaired) electrons. The van der Waals surface area contributed by atoms with Crippen molar-refractivity contribution in [3.05, 3.63) is 66.2 Å². The van der Waals surface area contributed by atoms with Crippen LogP contribution in [0.5, 0.6) is 0 Å². The largest absolute Gasteiger partial charge is 0.445 e. The molecule has 154 valence electrons. The Morgan fingerprint density at radius 2 is 1.76 bits per heavy atom. The van der Waals surface area contributed by atoms with E-state index in [1.54, 1.807) is 4.90 Å². The number of carbonyl (C=O) groups excluding carboxylic acids is 2. The molecule has 2 amide bonds. The van der Waals surface area contributed by atoms with Gasteiger partial charge in [0.05, 0.1) is 0 Å². The molecular weight excluding hydrogens is 364 g/mol. The molecule has 0 bridgehead atoms. The van der Waals surface area contributed by atoms with Crippen molar-refractivity contribution < 1.29 is 14.3 Å². The lowest BCUT2D eigenvalue weighted by molar-refractivity contribution is -0.119. The number of amides is 2. The molecule has 2 aromatic carbocycles. The Labute approximate surface area is 173 Å². The molecule has 1 saturated heterocycles. The molecule has 1 fully saturated rings. The Morgan fingerprint density at radius 3 is 2.41 bits per heavy atom. The molecule has 1 aliphatic heterocycles. The van der Waals surface area contributed by atoms with E-state index >= 15 is 0 Å². The van der Waals surface area contributed by atoms with Crippen molar-refractivity contribution in [2.45, 2.75) is 45.8 Å². The third-order valence-electron chi connectivity index (χ3n) is 5.62. The Balaban J connectivity index is 1.65. The molecule has 1 aliphatic rings. The molecule has 0 N–H and O–H groups in total. The quantitative estimate of drug-likeness (QED) is 0.702. The van der Waals surface area contributed by atoms with Gasteiger partial charge in [-0.1, -0.05) is 55.5 Å². The maximum Gasteiger partial charge on any atom is 0.410 e. The van der Waals surface area contributed by atoms with Crippen molar-refractivity contribution >= 4 is 17.7 Å². The molecule has 0 saturated carbocycles. The number of hydrogen-bond acceptors (Lipinski definition) is 3. The molecule has 0 aromatic heterocycles. The highest BCUT2D eigenvalue weighted by Crippen LogP contribution is 2.28. The maximum absolute atomic E-state index is 12.7. The second-order valence-electron chi connectivity index (χ2n) is 7.58. The predicted octanol–water partition coefficient (Wildman–Crippen LogP) is 4.87. The smallest absolute Gasteiger partial charge is 0.410 e. The van der Waals surface area contributed by atoms with E-state index < -0.39 is 0 Å². The van der Waals surface area contributed by atoms with E-state index in [9.17, 15) is 9.59 Å². The van der Waals surface area contributed by atoms with Crippen LogP contribution in [0.3, 0.4) is 0 Å². The summed E-state index contributed by atoms with van der Waals surface area (Å²) in [6.07, 6.45) is 2.08. The zero-order chi connectivity index (χ0) is 20.6. The maximum atomic E-state index is 12.7. The highest BCUT2D eigenvalue weighted by Gasteiger charge is 2.33. The molecule has 5 heteroatoms. The van der Waals surface area contributed by atoms with Crippen LogP contribution in [0.1, 0.15) is 38.7 Å². The molecule has 29 heavy (non-hydrogen) atoms. The monoisotopic (exact) mass is 394 g/mol. The van der Waals surface area contributed by atoms with E-state index in [0.717, 1.165) is 24.1 Å². The Bertz CT molecular complexity index is 794. The highest BCUT2D eigenvalue weighted by molar-refractivity contribution is 5.93. The Kier molecular flexibility index (Phi) is 7.28. The van der Waals surface area contributed by atoms with E-state index in [4.69, 9.17) is 4.74 Å². The summed E-state index contributed by atoms with van der Waals surface area (Å²) in [5, 5.41) is 0. The molecule has 5 nitrogen and oxygen atoms in total. The summed E-state index contributed by atoms with van der Waals surface area (Å²) in [4.78, 5) is 29.0. The molecule has 2 aromatic rings. The lowest BCUT2D eigenvalue weighted by atomic mass is 9.90. The van der Waals surface area contributed by atoms with Gasteiger partial charge in [0.15, 0.2) is 0 Å². The minimum absolute atomic E-state index is 0.00886. The summed E-state index contributed by atoms with van der Waals surface area (Å²) >= 11 is 0. The van der Waals surface area contributed by atoms with Gasteiger partial charge < -0.3 is 14.5 Å². The molecule has 3 rings (SSSR count). The van der Waals surface area contributed by atoms with Gasteiger partial charge in [0, 0.05) is 31.2 Å². The number of carbonyl (C=O) groups is 2. The zero-order valence-electron chi connectivity index (χ0n) is 17.3. The summed E-state index contributed by atoms with van der Waals surface area (Å²) in [6.45, 7) is 5.56. The molecular formula is C24H30N2O3. The van der Waals surface area contributed by atoms with Gasteiger partial charge in [-0.25, -0.2) is 4.79 Å². The van der Waals surface area contributed by atoms with Crippen molar-refractivity contribution in [1.82, 2.24) is 4.90 Å². The number of benzene rings is 2. The number of para-hydroxylation sites is 1. The van der Waals surface area contributed by atoms with Crippen molar-refractivity contribution in [1.29, 1.82) is 0 Å². The van der Waals surface area contributed by atoms with E-state index in [-0.39, 0.29) is 30.6 Å². The number of piperidine rings is 1. The molecule has 1 heterocycles. The molecule has 0 unspecified atom stereocenters. The van der Waals surface area contributed by atoms with E-state index in [0.29, 0.717) is 19.5 Å². The lowest BCUT2D eigenvalue weighted by Gasteiger charge is -2.40. The van der Waals surface area contributed by atoms with Crippen LogP contribution in [0.25, 0.3) is 0 Å². The minimum Gasteiger partial charge on any atom is -0.445 e. The van der Waals surface area contributed by atoms with Gasteiger partial charge in [-0.2, -0.15) is 0 Å². The first-order valence-electron chi connectivity index (χ1n) is 10.4. The Hall–Kier alpha value is -2.82. The Morgan fingerprint density at radius 1 is 1.10 bits per heavy atom. The normalized spacial score (nSPS) is 17.4. The van der Waals surface area contributed by atoms with Gasteiger partial charge in [-0.15, -0.1) is 0 Å². The second kappa shape index (κ2) is 10.1. The molecule has 0 spiro atoms. The number of likely N-dealkylation sites (tertiary alicyclic amines) is 1. The summed E-state index contributed by atoms with van der Waals surface area (Å²) in [7, 11) is 0. The average molecular weight is 395 g/mol. The van der Waals surface area contributed by atoms with Crippen LogP contribution in [0.4, 0.5) is 10.5 Å². The first kappa shape index (κ1) is 20.9. The van der Waals surface area contributed by atoms with Crippen molar-refractivity contribution in [2.75, 3.05) is 18.0 Å². The fourth-order valence-corrected chi connectivity index (χ4v) is 3.96. The average Bonchev–Trinajstić information content (AvgIpc) is 2.79. The van der Waals surface area contributed by atoms with Crippen LogP contribution < -0.4 is 4.90 Å². The van der Waals surface area contributed by atoms with Gasteiger partial charge in [0.2, 0.25) is 5.91 Å². The summed E-state index contributed by atoms with van der Waals surface area (Å²) in [5.74, 6) is 0.316. The lowest BCUT2D eigenvalue weighted by Crippen LogP contribution is -2.50. The highest BCUT2D eigenvalue weighted by atomic mass is 16.6. The number of rotatable bonds is 6. The van der Waals surface area contributed by atoms with Gasteiger partial charge in [-0.3, -0.25) is 4.79 Å². The van der Waals surface area contributed by atoms with Gasteiger partial charge in [0.1, 0.15) is 6.61 Å². The van der Waals surface area contributed by atoms with Crippen molar-refractivity contribution in [3.63, 3.8) is 0 Å². The molecule has 0 aliphatic carbocycles. The number of ether oxygens (including phenoxy) is 1. The van der Waals surface area contributed by atoms with Gasteiger partial charge in [-0.05, 0) is 43.4 Å². The zero-order valence-corrected chi connectivity index (χ0v) is 17.3. The molecule has 2 atom stereocenters. The van der Waals surface area contributed by atoms with Crippen molar-refractivity contribution in [3.8, 4) is 0 Å². The van der Waals surface area contributed by atoms with E-state index in [1.165, 1.54) is 0 Å². The van der Waals surface area contributed by atoms with Gasteiger partial charge >= 0.3 is 6.09 Å². The van der Waals surface area contributed by atoms with Crippen LogP contribution >= 0.6 is 0 Å². The van der Waals surface area contributed by atoms with Crippen LogP contribution in [0, 0.1) is 5.92 Å². The summed E-state index contributed by atoms with van der Waals surface area (Å²) in [5.41, 5.74) is 1.89. The van der Waals surface area contributed by atoms with Crippen LogP contribution in [0.15, 0.2) is 60.7 Å². The second-order valence-corrected chi connectivity index (χ2v) is 7.58. The van der Waals surface area contributed by atoms with Crippen LogP contribution in [-0.4, -0.2) is 36.0 Å². The number of hydrogen-bond donors (Lipinski definition) is 0. The van der Waals surface area contributed by atoms with Crippen LogP contribution in [-0.2, 0) is 16.1 Å². The summed E-state index contributed by atoms with van der Waals surface area (Å²) in [6, 6.07) is 19.5. The van der Waals surface area contributed by atoms with E-state index in [2.05, 4.69) is 6.92 Å². The fourth-order valence-electron chi connectivity index (χ4n) is 3.96. The SMILES string of the molecule is CCC(=O)N(c1ccccc1)[C@H](C)[C@@H]1CCCN(C(=O)OCc2ccccc2)C1. The summed E-state index contributed by atoms with van der Waals surface area (Å²) < 4.78 is 5.52. The third kappa shape index (κ3) is 5.37. The number of anilines is 1. The fraction of sp³-hybridized carbons (Fsp3) is 0.417. The van der Waals surface area contributed by atoms with Crippen molar-refractivity contribution in [2.24, 2.45) is 5.92 Å². The first-order chi connectivity index (χ1) is 14.1. The topological polar surface area (TPSA) is 49.9 Å². The van der Waals surface area contributed by atoms with E-state index in [1.807, 2.05) is 72.5 Å². The minimum atomic E-state index is -0.279. The predicted molar refractivity (Wildman–Crippen MR) is 115 cm³/mol. The first-order valence-corrected chi connectivity index (χ1v) is 10.4. The van der Waals surface area contributed by atoms with Gasteiger partial charge in [0.25, 0.3) is 0 Å². The standard InChI is InChI=1S/C24H30N2O3/c1-3-23(27)26(22-14-8-5-9-15-22)19(2)21-13-10-16-25(17-21)24(28)29-18-20-11-6-4-7-12-20/h4-9,11-12,14-15,19,21H,3,10,13,16-18H2,1-2H3/t19-,21-/m1/s1. The number of nitrogens with zero attached hydrogens (tertiary/aromatic N) is 2.